The molecule has 2 aliphatic carbocycles. The molecule has 0 saturated heterocycles. The Morgan fingerprint density at radius 2 is 2.21 bits per heavy atom. The molecule has 2 aliphatic rings. The third kappa shape index (κ3) is 2.12. The van der Waals surface area contributed by atoms with Crippen molar-refractivity contribution in [1.82, 2.24) is 5.32 Å². The van der Waals surface area contributed by atoms with Gasteiger partial charge in [0, 0.05) is 19.2 Å². The minimum absolute atomic E-state index is 0.573. The lowest BCUT2D eigenvalue weighted by atomic mass is 9.94. The Morgan fingerprint density at radius 1 is 1.36 bits per heavy atom. The Bertz CT molecular complexity index is 183. The van der Waals surface area contributed by atoms with Gasteiger partial charge in [-0.2, -0.15) is 0 Å². The number of methoxy groups -OCH3 is 1. The van der Waals surface area contributed by atoms with Crippen LogP contribution in [0.2, 0.25) is 0 Å². The first-order valence-electron chi connectivity index (χ1n) is 6.08. The normalized spacial score (nSPS) is 37.7. The maximum absolute atomic E-state index is 5.22. The lowest BCUT2D eigenvalue weighted by Crippen LogP contribution is -2.43. The molecule has 2 saturated carbocycles. The van der Waals surface area contributed by atoms with Crippen molar-refractivity contribution in [3.63, 3.8) is 0 Å². The van der Waals surface area contributed by atoms with Crippen molar-refractivity contribution in [3.05, 3.63) is 0 Å². The number of hydrogen-bond donors (Lipinski definition) is 1. The highest BCUT2D eigenvalue weighted by atomic mass is 16.5. The molecule has 4 unspecified atom stereocenters. The summed E-state index contributed by atoms with van der Waals surface area (Å²) < 4.78 is 5.22. The largest absolute Gasteiger partial charge is 0.383 e. The van der Waals surface area contributed by atoms with Gasteiger partial charge in [0.2, 0.25) is 0 Å². The summed E-state index contributed by atoms with van der Waals surface area (Å²) in [5, 5.41) is 3.77. The number of ether oxygens (including phenoxy) is 1. The number of nitrogens with one attached hydrogen (secondary N) is 1. The number of rotatable bonds is 5. The second-order valence-electron chi connectivity index (χ2n) is 5.01. The van der Waals surface area contributed by atoms with Crippen LogP contribution in [0, 0.1) is 11.8 Å². The summed E-state index contributed by atoms with van der Waals surface area (Å²) >= 11 is 0. The molecule has 0 amide bonds. The summed E-state index contributed by atoms with van der Waals surface area (Å²) in [7, 11) is 1.80. The molecule has 82 valence electrons. The molecule has 0 heterocycles. The fraction of sp³-hybridized carbons (Fsp3) is 1.00. The molecule has 0 aliphatic heterocycles. The van der Waals surface area contributed by atoms with Crippen molar-refractivity contribution in [3.8, 4) is 0 Å². The van der Waals surface area contributed by atoms with Crippen LogP contribution in [0.4, 0.5) is 0 Å². The first kappa shape index (κ1) is 10.4. The van der Waals surface area contributed by atoms with Crippen molar-refractivity contribution in [1.29, 1.82) is 0 Å². The van der Waals surface area contributed by atoms with Gasteiger partial charge in [-0.15, -0.1) is 0 Å². The van der Waals surface area contributed by atoms with E-state index < -0.39 is 0 Å². The van der Waals surface area contributed by atoms with Crippen LogP contribution in [0.5, 0.6) is 0 Å². The van der Waals surface area contributed by atoms with Gasteiger partial charge in [-0.25, -0.2) is 0 Å². The van der Waals surface area contributed by atoms with Crippen molar-refractivity contribution in [2.24, 2.45) is 11.8 Å². The van der Waals surface area contributed by atoms with Gasteiger partial charge in [-0.3, -0.25) is 0 Å². The molecule has 1 N–H and O–H groups in total. The van der Waals surface area contributed by atoms with E-state index in [-0.39, 0.29) is 0 Å². The highest BCUT2D eigenvalue weighted by Crippen LogP contribution is 2.44. The van der Waals surface area contributed by atoms with Gasteiger partial charge in [0.1, 0.15) is 0 Å². The van der Waals surface area contributed by atoms with E-state index in [9.17, 15) is 0 Å². The highest BCUT2D eigenvalue weighted by molar-refractivity contribution is 4.95. The van der Waals surface area contributed by atoms with Crippen LogP contribution >= 0.6 is 0 Å². The van der Waals surface area contributed by atoms with E-state index in [1.54, 1.807) is 7.11 Å². The molecule has 14 heavy (non-hydrogen) atoms. The maximum atomic E-state index is 5.22. The van der Waals surface area contributed by atoms with Crippen molar-refractivity contribution < 1.29 is 4.74 Å². The van der Waals surface area contributed by atoms with Gasteiger partial charge < -0.3 is 10.1 Å². The first-order chi connectivity index (χ1) is 6.83. The third-order valence-electron chi connectivity index (χ3n) is 4.05. The van der Waals surface area contributed by atoms with Crippen LogP contribution in [0.3, 0.4) is 0 Å². The lowest BCUT2D eigenvalue weighted by molar-refractivity contribution is 0.151. The molecule has 0 aromatic rings. The smallest absolute Gasteiger partial charge is 0.0615 e. The summed E-state index contributed by atoms with van der Waals surface area (Å²) in [6.45, 7) is 3.11. The van der Waals surface area contributed by atoms with Crippen molar-refractivity contribution >= 4 is 0 Å². The van der Waals surface area contributed by atoms with Crippen LogP contribution in [0.25, 0.3) is 0 Å². The summed E-state index contributed by atoms with van der Waals surface area (Å²) in [5.74, 6) is 2.02. The number of fused-ring (bicyclic) bond motifs is 2. The zero-order valence-corrected chi connectivity index (χ0v) is 9.46. The van der Waals surface area contributed by atoms with E-state index in [2.05, 4.69) is 12.2 Å². The second kappa shape index (κ2) is 4.63. The van der Waals surface area contributed by atoms with Gasteiger partial charge >= 0.3 is 0 Å². The highest BCUT2D eigenvalue weighted by Gasteiger charge is 2.39. The predicted molar refractivity (Wildman–Crippen MR) is 58.3 cm³/mol. The van der Waals surface area contributed by atoms with Gasteiger partial charge in [0.25, 0.3) is 0 Å². The molecule has 2 heteroatoms. The molecule has 2 fully saturated rings. The zero-order valence-electron chi connectivity index (χ0n) is 9.46. The standard InChI is InChI=1S/C12H23NO/c1-3-11(8-14-2)13-12-7-9-4-5-10(12)6-9/h9-13H,3-8H2,1-2H3. The SMILES string of the molecule is CCC(COC)NC1CC2CCC1C2. The average Bonchev–Trinajstić information content (AvgIpc) is 2.78. The Hall–Kier alpha value is -0.0800. The second-order valence-corrected chi connectivity index (χ2v) is 5.01. The van der Waals surface area contributed by atoms with Crippen LogP contribution in [-0.2, 0) is 4.74 Å². The minimum atomic E-state index is 0.573. The van der Waals surface area contributed by atoms with Crippen LogP contribution in [0.15, 0.2) is 0 Å². The Balaban J connectivity index is 1.79. The molecular formula is C12H23NO. The Kier molecular flexibility index (Phi) is 3.45. The molecule has 2 rings (SSSR count). The van der Waals surface area contributed by atoms with Gasteiger partial charge in [-0.05, 0) is 37.5 Å². The number of hydrogen-bond acceptors (Lipinski definition) is 2. The molecule has 0 aromatic heterocycles. The van der Waals surface area contributed by atoms with Crippen LogP contribution in [0.1, 0.15) is 39.0 Å². The molecule has 0 radical (unpaired) electrons. The summed E-state index contributed by atoms with van der Waals surface area (Å²) in [5.41, 5.74) is 0. The third-order valence-corrected chi connectivity index (χ3v) is 4.05. The van der Waals surface area contributed by atoms with E-state index in [1.165, 1.54) is 32.1 Å². The Morgan fingerprint density at radius 3 is 2.71 bits per heavy atom. The summed E-state index contributed by atoms with van der Waals surface area (Å²) in [4.78, 5) is 0. The topological polar surface area (TPSA) is 21.3 Å². The summed E-state index contributed by atoms with van der Waals surface area (Å²) in [6.07, 6.45) is 7.04. The van der Waals surface area contributed by atoms with Gasteiger partial charge in [0.15, 0.2) is 0 Å². The molecule has 2 nitrogen and oxygen atoms in total. The van der Waals surface area contributed by atoms with Crippen molar-refractivity contribution in [2.45, 2.75) is 51.1 Å². The summed E-state index contributed by atoms with van der Waals surface area (Å²) in [6, 6.07) is 1.37. The fourth-order valence-electron chi connectivity index (χ4n) is 3.24. The van der Waals surface area contributed by atoms with Gasteiger partial charge in [0.05, 0.1) is 6.61 Å². The van der Waals surface area contributed by atoms with Crippen LogP contribution in [-0.4, -0.2) is 25.8 Å². The molecule has 4 atom stereocenters. The van der Waals surface area contributed by atoms with E-state index in [0.717, 1.165) is 24.5 Å². The predicted octanol–water partition coefficient (Wildman–Crippen LogP) is 2.19. The zero-order chi connectivity index (χ0) is 9.97. The molecular weight excluding hydrogens is 174 g/mol. The lowest BCUT2D eigenvalue weighted by Gasteiger charge is -2.27. The van der Waals surface area contributed by atoms with E-state index in [4.69, 9.17) is 4.74 Å². The van der Waals surface area contributed by atoms with Crippen LogP contribution < -0.4 is 5.32 Å². The maximum Gasteiger partial charge on any atom is 0.0615 e. The molecule has 0 aromatic carbocycles. The van der Waals surface area contributed by atoms with E-state index in [1.807, 2.05) is 0 Å². The first-order valence-corrected chi connectivity index (χ1v) is 6.08. The average molecular weight is 197 g/mol. The van der Waals surface area contributed by atoms with E-state index in [0.29, 0.717) is 6.04 Å². The quantitative estimate of drug-likeness (QED) is 0.729. The molecule has 0 spiro atoms. The molecule has 2 bridgehead atoms. The Labute approximate surface area is 87.4 Å². The van der Waals surface area contributed by atoms with E-state index >= 15 is 0 Å². The van der Waals surface area contributed by atoms with Gasteiger partial charge in [-0.1, -0.05) is 13.3 Å². The monoisotopic (exact) mass is 197 g/mol. The fourth-order valence-corrected chi connectivity index (χ4v) is 3.24. The van der Waals surface area contributed by atoms with Crippen molar-refractivity contribution in [2.75, 3.05) is 13.7 Å². The minimum Gasteiger partial charge on any atom is -0.383 e.